The summed E-state index contributed by atoms with van der Waals surface area (Å²) in [6, 6.07) is 14.0. The number of hydrogen-bond donors (Lipinski definition) is 0. The Kier molecular flexibility index (Phi) is 6.73. The molecule has 0 radical (unpaired) electrons. The average Bonchev–Trinajstić information content (AvgIpc) is 3.45. The van der Waals surface area contributed by atoms with Crippen molar-refractivity contribution in [2.24, 2.45) is 0 Å². The molecule has 168 valence electrons. The van der Waals surface area contributed by atoms with Gasteiger partial charge < -0.3 is 18.9 Å². The van der Waals surface area contributed by atoms with E-state index in [1.54, 1.807) is 7.11 Å². The van der Waals surface area contributed by atoms with Crippen LogP contribution in [0.2, 0.25) is 0 Å². The van der Waals surface area contributed by atoms with E-state index in [9.17, 15) is 4.79 Å². The van der Waals surface area contributed by atoms with Gasteiger partial charge in [-0.05, 0) is 42.2 Å². The summed E-state index contributed by atoms with van der Waals surface area (Å²) < 4.78 is 16.7. The summed E-state index contributed by atoms with van der Waals surface area (Å²) in [6.07, 6.45) is 2.30. The minimum Gasteiger partial charge on any atom is -0.493 e. The van der Waals surface area contributed by atoms with Crippen LogP contribution in [0, 0.1) is 0 Å². The lowest BCUT2D eigenvalue weighted by molar-refractivity contribution is -0.128. The van der Waals surface area contributed by atoms with Gasteiger partial charge >= 0.3 is 0 Å². The molecule has 1 amide bonds. The van der Waals surface area contributed by atoms with Crippen molar-refractivity contribution in [3.8, 4) is 22.9 Å². The smallest absolute Gasteiger partial charge is 0.232 e. The molecule has 2 aromatic carbocycles. The van der Waals surface area contributed by atoms with E-state index in [1.165, 1.54) is 5.56 Å². The molecule has 4 rings (SSSR count). The average molecular weight is 436 g/mol. The number of aryl methyl sites for hydroxylation is 1. The van der Waals surface area contributed by atoms with Gasteiger partial charge in [-0.25, -0.2) is 0 Å². The maximum Gasteiger partial charge on any atom is 0.232 e. The third-order valence-electron chi connectivity index (χ3n) is 5.69. The Hall–Kier alpha value is -3.35. The topological polar surface area (TPSA) is 77.7 Å². The van der Waals surface area contributed by atoms with Gasteiger partial charge in [0.05, 0.1) is 19.6 Å². The lowest BCUT2D eigenvalue weighted by Gasteiger charge is -2.16. The van der Waals surface area contributed by atoms with E-state index >= 15 is 0 Å². The van der Waals surface area contributed by atoms with Crippen molar-refractivity contribution in [3.63, 3.8) is 0 Å². The van der Waals surface area contributed by atoms with Gasteiger partial charge in [-0.3, -0.25) is 4.79 Å². The molecular formula is C25H29N3O4. The number of benzene rings is 2. The van der Waals surface area contributed by atoms with Gasteiger partial charge in [0, 0.05) is 25.1 Å². The molecule has 0 saturated carbocycles. The first-order valence-corrected chi connectivity index (χ1v) is 11.1. The number of carbonyl (C=O) groups excluding carboxylic acids is 1. The number of amides is 1. The second-order valence-corrected chi connectivity index (χ2v) is 8.02. The normalized spacial score (nSPS) is 15.9. The van der Waals surface area contributed by atoms with Gasteiger partial charge in [-0.2, -0.15) is 4.98 Å². The standard InChI is InChI=1S/C25H29N3O4/c1-4-12-31-21-11-10-19(13-22(21)30-3)24-26-25(32-27-24)20-14-23(29)28(16-20)15-18-8-6-17(5-2)7-9-18/h6-11,13,20H,4-5,12,14-16H2,1-3H3. The highest BCUT2D eigenvalue weighted by atomic mass is 16.5. The number of methoxy groups -OCH3 is 1. The van der Waals surface area contributed by atoms with Crippen LogP contribution in [0.1, 0.15) is 49.6 Å². The maximum absolute atomic E-state index is 12.6. The molecule has 1 atom stereocenters. The zero-order valence-electron chi connectivity index (χ0n) is 18.8. The molecule has 1 aliphatic heterocycles. The second kappa shape index (κ2) is 9.85. The second-order valence-electron chi connectivity index (χ2n) is 8.02. The van der Waals surface area contributed by atoms with E-state index in [1.807, 2.05) is 23.1 Å². The Morgan fingerprint density at radius 2 is 1.88 bits per heavy atom. The highest BCUT2D eigenvalue weighted by molar-refractivity contribution is 5.79. The van der Waals surface area contributed by atoms with Crippen LogP contribution < -0.4 is 9.47 Å². The van der Waals surface area contributed by atoms with Crippen LogP contribution in [0.4, 0.5) is 0 Å². The quantitative estimate of drug-likeness (QED) is 0.488. The first-order valence-electron chi connectivity index (χ1n) is 11.1. The van der Waals surface area contributed by atoms with Gasteiger partial charge in [-0.15, -0.1) is 0 Å². The Bertz CT molecular complexity index is 1060. The molecule has 1 aliphatic rings. The van der Waals surface area contributed by atoms with Gasteiger partial charge in [0.15, 0.2) is 11.5 Å². The van der Waals surface area contributed by atoms with Crippen molar-refractivity contribution in [1.82, 2.24) is 15.0 Å². The van der Waals surface area contributed by atoms with Gasteiger partial charge in [0.25, 0.3) is 0 Å². The number of rotatable bonds is 9. The molecule has 0 spiro atoms. The summed E-state index contributed by atoms with van der Waals surface area (Å²) in [5.74, 6) is 2.27. The molecule has 32 heavy (non-hydrogen) atoms. The molecule has 1 aromatic heterocycles. The minimum absolute atomic E-state index is 0.104. The van der Waals surface area contributed by atoms with Crippen LogP contribution in [0.25, 0.3) is 11.4 Å². The first-order chi connectivity index (χ1) is 15.6. The van der Waals surface area contributed by atoms with Crippen molar-refractivity contribution in [3.05, 3.63) is 59.5 Å². The first kappa shape index (κ1) is 21.9. The SMILES string of the molecule is CCCOc1ccc(-c2noc(C3CC(=O)N(Cc4ccc(CC)cc4)C3)n2)cc1OC. The summed E-state index contributed by atoms with van der Waals surface area (Å²) in [6.45, 7) is 5.97. The highest BCUT2D eigenvalue weighted by Gasteiger charge is 2.34. The minimum atomic E-state index is -0.104. The zero-order chi connectivity index (χ0) is 22.5. The number of likely N-dealkylation sites (tertiary alicyclic amines) is 1. The number of ether oxygens (including phenoxy) is 2. The molecule has 2 heterocycles. The number of aromatic nitrogens is 2. The summed E-state index contributed by atoms with van der Waals surface area (Å²) in [4.78, 5) is 19.0. The van der Waals surface area contributed by atoms with Gasteiger partial charge in [0.2, 0.25) is 17.6 Å². The summed E-state index contributed by atoms with van der Waals surface area (Å²) >= 11 is 0. The molecule has 0 bridgehead atoms. The van der Waals surface area contributed by atoms with Crippen LogP contribution in [0.5, 0.6) is 11.5 Å². The van der Waals surface area contributed by atoms with E-state index in [-0.39, 0.29) is 11.8 Å². The van der Waals surface area contributed by atoms with E-state index in [2.05, 4.69) is 48.3 Å². The van der Waals surface area contributed by atoms with Crippen LogP contribution >= 0.6 is 0 Å². The molecule has 7 heteroatoms. The monoisotopic (exact) mass is 435 g/mol. The van der Waals surface area contributed by atoms with Crippen molar-refractivity contribution < 1.29 is 18.8 Å². The summed E-state index contributed by atoms with van der Waals surface area (Å²) in [5.41, 5.74) is 3.19. The Balaban J connectivity index is 1.45. The highest BCUT2D eigenvalue weighted by Crippen LogP contribution is 2.33. The van der Waals surface area contributed by atoms with Crippen molar-refractivity contribution in [1.29, 1.82) is 0 Å². The number of hydrogen-bond acceptors (Lipinski definition) is 6. The van der Waals surface area contributed by atoms with Crippen LogP contribution in [-0.4, -0.2) is 41.2 Å². The molecule has 1 saturated heterocycles. The van der Waals surface area contributed by atoms with Gasteiger partial charge in [-0.1, -0.05) is 43.3 Å². The molecule has 0 N–H and O–H groups in total. The third-order valence-corrected chi connectivity index (χ3v) is 5.69. The summed E-state index contributed by atoms with van der Waals surface area (Å²) in [5, 5.41) is 4.14. The van der Waals surface area contributed by atoms with E-state index in [0.29, 0.717) is 49.3 Å². The Morgan fingerprint density at radius 3 is 2.59 bits per heavy atom. The lowest BCUT2D eigenvalue weighted by atomic mass is 10.1. The van der Waals surface area contributed by atoms with Gasteiger partial charge in [0.1, 0.15) is 0 Å². The largest absolute Gasteiger partial charge is 0.493 e. The fourth-order valence-electron chi connectivity index (χ4n) is 3.85. The van der Waals surface area contributed by atoms with Crippen molar-refractivity contribution in [2.75, 3.05) is 20.3 Å². The van der Waals surface area contributed by atoms with E-state index in [4.69, 9.17) is 14.0 Å². The molecule has 1 fully saturated rings. The predicted molar refractivity (Wildman–Crippen MR) is 121 cm³/mol. The van der Waals surface area contributed by atoms with E-state index in [0.717, 1.165) is 24.0 Å². The van der Waals surface area contributed by atoms with E-state index < -0.39 is 0 Å². The van der Waals surface area contributed by atoms with Crippen LogP contribution in [0.15, 0.2) is 47.0 Å². The Labute approximate surface area is 188 Å². The molecular weight excluding hydrogens is 406 g/mol. The fraction of sp³-hybridized carbons (Fsp3) is 0.400. The van der Waals surface area contributed by atoms with Crippen molar-refractivity contribution >= 4 is 5.91 Å². The van der Waals surface area contributed by atoms with Crippen molar-refractivity contribution in [2.45, 2.75) is 45.6 Å². The Morgan fingerprint density at radius 1 is 1.09 bits per heavy atom. The predicted octanol–water partition coefficient (Wildman–Crippen LogP) is 4.61. The van der Waals surface area contributed by atoms with Crippen LogP contribution in [-0.2, 0) is 17.8 Å². The number of nitrogens with zero attached hydrogens (tertiary/aromatic N) is 3. The molecule has 7 nitrogen and oxygen atoms in total. The number of carbonyl (C=O) groups is 1. The fourth-order valence-corrected chi connectivity index (χ4v) is 3.85. The summed E-state index contributed by atoms with van der Waals surface area (Å²) in [7, 11) is 1.61. The van der Waals surface area contributed by atoms with Crippen LogP contribution in [0.3, 0.4) is 0 Å². The third kappa shape index (κ3) is 4.77. The lowest BCUT2D eigenvalue weighted by Crippen LogP contribution is -2.24. The maximum atomic E-state index is 12.6. The zero-order valence-corrected chi connectivity index (χ0v) is 18.8. The molecule has 1 unspecified atom stereocenters. The molecule has 0 aliphatic carbocycles. The molecule has 3 aromatic rings.